The van der Waals surface area contributed by atoms with Crippen molar-refractivity contribution in [3.05, 3.63) is 28.2 Å². The van der Waals surface area contributed by atoms with Crippen LogP contribution in [0.1, 0.15) is 12.5 Å². The summed E-state index contributed by atoms with van der Waals surface area (Å²) in [5, 5.41) is 3.10. The third kappa shape index (κ3) is 3.31. The van der Waals surface area contributed by atoms with Crippen LogP contribution in [0.3, 0.4) is 0 Å². The van der Waals surface area contributed by atoms with Crippen LogP contribution in [0.2, 0.25) is 0 Å². The fourth-order valence-electron chi connectivity index (χ4n) is 1.48. The van der Waals surface area contributed by atoms with Crippen molar-refractivity contribution in [2.45, 2.75) is 13.8 Å². The zero-order chi connectivity index (χ0) is 13.8. The van der Waals surface area contributed by atoms with Crippen LogP contribution in [-0.2, 0) is 0 Å². The van der Waals surface area contributed by atoms with Crippen molar-refractivity contribution in [3.63, 3.8) is 0 Å². The van der Waals surface area contributed by atoms with Crippen molar-refractivity contribution in [2.75, 3.05) is 17.7 Å². The minimum Gasteiger partial charge on any atom is -0.464 e. The molecule has 6 nitrogen and oxygen atoms in total. The van der Waals surface area contributed by atoms with Crippen molar-refractivity contribution >= 4 is 33.5 Å². The van der Waals surface area contributed by atoms with E-state index in [2.05, 4.69) is 36.2 Å². The molecule has 0 amide bonds. The highest BCUT2D eigenvalue weighted by molar-refractivity contribution is 9.10. The van der Waals surface area contributed by atoms with Crippen molar-refractivity contribution < 1.29 is 4.74 Å². The Bertz CT molecular complexity index is 590. The zero-order valence-electron chi connectivity index (χ0n) is 10.6. The molecule has 1 aromatic heterocycles. The molecular weight excluding hydrogens is 310 g/mol. The minimum atomic E-state index is 0.119. The number of hydrogen-bond donors (Lipinski definition) is 2. The Balaban J connectivity index is 2.30. The van der Waals surface area contributed by atoms with E-state index in [4.69, 9.17) is 10.5 Å². The molecule has 0 bridgehead atoms. The lowest BCUT2D eigenvalue weighted by Crippen LogP contribution is -2.07. The molecule has 7 heteroatoms. The van der Waals surface area contributed by atoms with Gasteiger partial charge in [-0.1, -0.05) is 22.0 Å². The van der Waals surface area contributed by atoms with Gasteiger partial charge >= 0.3 is 6.01 Å². The third-order valence-corrected chi connectivity index (χ3v) is 3.28. The number of nitrogen functional groups attached to an aromatic ring is 1. The van der Waals surface area contributed by atoms with E-state index in [-0.39, 0.29) is 12.0 Å². The van der Waals surface area contributed by atoms with Gasteiger partial charge < -0.3 is 15.8 Å². The molecule has 1 aromatic carbocycles. The van der Waals surface area contributed by atoms with E-state index in [1.54, 1.807) is 0 Å². The van der Waals surface area contributed by atoms with Crippen LogP contribution in [0.4, 0.5) is 17.6 Å². The van der Waals surface area contributed by atoms with E-state index in [1.165, 1.54) is 0 Å². The summed E-state index contributed by atoms with van der Waals surface area (Å²) < 4.78 is 6.23. The molecule has 0 saturated carbocycles. The van der Waals surface area contributed by atoms with Crippen LogP contribution in [-0.4, -0.2) is 21.6 Å². The number of nitrogens with zero attached hydrogens (tertiary/aromatic N) is 3. The summed E-state index contributed by atoms with van der Waals surface area (Å²) in [7, 11) is 0. The summed E-state index contributed by atoms with van der Waals surface area (Å²) in [6.07, 6.45) is 0. The average molecular weight is 324 g/mol. The predicted octanol–water partition coefficient (Wildman–Crippen LogP) is 2.67. The van der Waals surface area contributed by atoms with Gasteiger partial charge in [-0.25, -0.2) is 0 Å². The Morgan fingerprint density at radius 3 is 2.84 bits per heavy atom. The number of halogens is 1. The predicted molar refractivity (Wildman–Crippen MR) is 77.6 cm³/mol. The second-order valence-corrected chi connectivity index (χ2v) is 4.62. The second-order valence-electron chi connectivity index (χ2n) is 3.77. The molecule has 0 aliphatic heterocycles. The lowest BCUT2D eigenvalue weighted by atomic mass is 10.2. The van der Waals surface area contributed by atoms with Gasteiger partial charge in [0.1, 0.15) is 0 Å². The molecule has 100 valence electrons. The largest absolute Gasteiger partial charge is 0.464 e. The molecule has 0 unspecified atom stereocenters. The molecule has 0 fully saturated rings. The fraction of sp³-hybridized carbons (Fsp3) is 0.250. The highest BCUT2D eigenvalue weighted by atomic mass is 79.9. The van der Waals surface area contributed by atoms with Gasteiger partial charge in [0.05, 0.1) is 6.61 Å². The maximum Gasteiger partial charge on any atom is 0.323 e. The first-order chi connectivity index (χ1) is 9.10. The maximum absolute atomic E-state index is 5.62. The highest BCUT2D eigenvalue weighted by Crippen LogP contribution is 2.25. The zero-order valence-corrected chi connectivity index (χ0v) is 12.2. The van der Waals surface area contributed by atoms with E-state index in [9.17, 15) is 0 Å². The van der Waals surface area contributed by atoms with Crippen LogP contribution in [0.25, 0.3) is 0 Å². The van der Waals surface area contributed by atoms with Crippen LogP contribution in [0, 0.1) is 6.92 Å². The first kappa shape index (κ1) is 13.5. The van der Waals surface area contributed by atoms with Crippen molar-refractivity contribution in [3.8, 4) is 6.01 Å². The van der Waals surface area contributed by atoms with Crippen LogP contribution in [0.15, 0.2) is 22.7 Å². The van der Waals surface area contributed by atoms with Crippen molar-refractivity contribution in [1.29, 1.82) is 0 Å². The molecule has 2 rings (SSSR count). The molecule has 0 atom stereocenters. The smallest absolute Gasteiger partial charge is 0.323 e. The quantitative estimate of drug-likeness (QED) is 0.899. The Kier molecular flexibility index (Phi) is 4.16. The number of nitrogens with one attached hydrogen (secondary N) is 1. The second kappa shape index (κ2) is 5.83. The summed E-state index contributed by atoms with van der Waals surface area (Å²) in [5.41, 5.74) is 7.57. The van der Waals surface area contributed by atoms with E-state index in [0.717, 1.165) is 15.7 Å². The first-order valence-corrected chi connectivity index (χ1v) is 6.56. The summed E-state index contributed by atoms with van der Waals surface area (Å²) in [4.78, 5) is 12.1. The van der Waals surface area contributed by atoms with Crippen molar-refractivity contribution in [1.82, 2.24) is 15.0 Å². The van der Waals surface area contributed by atoms with Crippen molar-refractivity contribution in [2.24, 2.45) is 0 Å². The van der Waals surface area contributed by atoms with Gasteiger partial charge in [0, 0.05) is 10.2 Å². The molecule has 19 heavy (non-hydrogen) atoms. The molecule has 0 aliphatic rings. The Labute approximate surface area is 119 Å². The minimum absolute atomic E-state index is 0.119. The number of rotatable bonds is 4. The van der Waals surface area contributed by atoms with Gasteiger partial charge in [-0.2, -0.15) is 15.0 Å². The van der Waals surface area contributed by atoms with E-state index in [0.29, 0.717) is 12.6 Å². The molecule has 0 saturated heterocycles. The summed E-state index contributed by atoms with van der Waals surface area (Å²) in [6.45, 7) is 4.31. The van der Waals surface area contributed by atoms with E-state index >= 15 is 0 Å². The summed E-state index contributed by atoms with van der Waals surface area (Å²) in [6, 6.07) is 6.03. The van der Waals surface area contributed by atoms with Gasteiger partial charge in [0.15, 0.2) is 0 Å². The Hall–Kier alpha value is -1.89. The normalized spacial score (nSPS) is 10.3. The number of anilines is 3. The molecule has 1 heterocycles. The molecule has 3 N–H and O–H groups in total. The highest BCUT2D eigenvalue weighted by Gasteiger charge is 2.07. The van der Waals surface area contributed by atoms with Gasteiger partial charge in [0.25, 0.3) is 0 Å². The summed E-state index contributed by atoms with van der Waals surface area (Å²) in [5.74, 6) is 0.478. The topological polar surface area (TPSA) is 86.0 Å². The maximum atomic E-state index is 5.62. The molecular formula is C12H14BrN5O. The van der Waals surface area contributed by atoms with Crippen LogP contribution >= 0.6 is 15.9 Å². The van der Waals surface area contributed by atoms with Gasteiger partial charge in [0.2, 0.25) is 11.9 Å². The molecule has 0 radical (unpaired) electrons. The number of ether oxygens (including phenoxy) is 1. The third-order valence-electron chi connectivity index (χ3n) is 2.42. The average Bonchev–Trinajstić information content (AvgIpc) is 2.35. The lowest BCUT2D eigenvalue weighted by Gasteiger charge is -2.10. The van der Waals surface area contributed by atoms with Gasteiger partial charge in [-0.3, -0.25) is 0 Å². The number of hydrogen-bond acceptors (Lipinski definition) is 6. The summed E-state index contributed by atoms with van der Waals surface area (Å²) >= 11 is 3.47. The molecule has 0 aliphatic carbocycles. The standard InChI is InChI=1S/C12H14BrN5O/c1-3-19-12-17-10(14)16-11(18-12)15-9-6-4-5-8(13)7(9)2/h4-6H,3H2,1-2H3,(H3,14,15,16,17,18). The Morgan fingerprint density at radius 1 is 1.32 bits per heavy atom. The fourth-order valence-corrected chi connectivity index (χ4v) is 1.85. The first-order valence-electron chi connectivity index (χ1n) is 5.76. The Morgan fingerprint density at radius 2 is 2.11 bits per heavy atom. The van der Waals surface area contributed by atoms with E-state index in [1.807, 2.05) is 32.0 Å². The molecule has 0 spiro atoms. The monoisotopic (exact) mass is 323 g/mol. The van der Waals surface area contributed by atoms with Crippen LogP contribution in [0.5, 0.6) is 6.01 Å². The van der Waals surface area contributed by atoms with Gasteiger partial charge in [-0.15, -0.1) is 0 Å². The number of nitrogens with two attached hydrogens (primary N) is 1. The lowest BCUT2D eigenvalue weighted by molar-refractivity contribution is 0.312. The number of benzene rings is 1. The van der Waals surface area contributed by atoms with E-state index < -0.39 is 0 Å². The SMILES string of the molecule is CCOc1nc(N)nc(Nc2cccc(Br)c2C)n1. The molecule has 2 aromatic rings. The van der Waals surface area contributed by atoms with Gasteiger partial charge in [-0.05, 0) is 31.5 Å². The van der Waals surface area contributed by atoms with Crippen LogP contribution < -0.4 is 15.8 Å². The number of aromatic nitrogens is 3.